The number of carbonyl (C=O) groups excluding carboxylic acids is 2. The molecule has 0 aliphatic carbocycles. The number of nitrogens with two attached hydrogens (primary N) is 1. The van der Waals surface area contributed by atoms with Gasteiger partial charge in [-0.15, -0.1) is 0 Å². The normalized spacial score (nSPS) is 16.9. The molecular weight excluding hydrogens is 489 g/mol. The maximum Gasteiger partial charge on any atom is 0.259 e. The van der Waals surface area contributed by atoms with Gasteiger partial charge in [0.25, 0.3) is 11.8 Å². The molecule has 2 aromatic rings. The zero-order valence-corrected chi connectivity index (χ0v) is 18.7. The molecule has 1 atom stereocenters. The lowest BCUT2D eigenvalue weighted by atomic mass is 10.2. The molecule has 32 heavy (non-hydrogen) atoms. The fourth-order valence-corrected chi connectivity index (χ4v) is 5.13. The molecule has 0 spiro atoms. The highest BCUT2D eigenvalue weighted by Gasteiger charge is 2.46. The second-order valence-electron chi connectivity index (χ2n) is 6.77. The second kappa shape index (κ2) is 9.67. The standard InChI is InChI=1S/C19H18Cl2F2N4O4S/c20-13-3-2-12(10-14(13)21)32(30,31)27-8-7-26(18(27)17(28)25-6-5-24)19(29)11-1-4-15(22)16(23)9-11/h1-4,9-10,18H,5-8,24H2,(H,25,28). The highest BCUT2D eigenvalue weighted by molar-refractivity contribution is 7.89. The van der Waals surface area contributed by atoms with Crippen LogP contribution in [0.25, 0.3) is 0 Å². The first-order chi connectivity index (χ1) is 15.1. The molecule has 13 heteroatoms. The van der Waals surface area contributed by atoms with Crippen molar-refractivity contribution in [1.82, 2.24) is 14.5 Å². The molecule has 1 aliphatic heterocycles. The summed E-state index contributed by atoms with van der Waals surface area (Å²) in [5, 5.41) is 2.59. The van der Waals surface area contributed by atoms with Gasteiger partial charge in [-0.2, -0.15) is 4.31 Å². The number of carbonyl (C=O) groups is 2. The Balaban J connectivity index is 2.00. The summed E-state index contributed by atoms with van der Waals surface area (Å²) in [5.74, 6) is -4.04. The average Bonchev–Trinajstić information content (AvgIpc) is 3.21. The summed E-state index contributed by atoms with van der Waals surface area (Å²) in [5.41, 5.74) is 5.16. The number of halogens is 4. The summed E-state index contributed by atoms with van der Waals surface area (Å²) in [6.07, 6.45) is -1.58. The van der Waals surface area contributed by atoms with E-state index < -0.39 is 39.6 Å². The number of nitrogens with one attached hydrogen (secondary N) is 1. The van der Waals surface area contributed by atoms with Crippen LogP contribution in [0.5, 0.6) is 0 Å². The fraction of sp³-hybridized carbons (Fsp3) is 0.263. The lowest BCUT2D eigenvalue weighted by molar-refractivity contribution is -0.127. The Morgan fingerprint density at radius 2 is 1.78 bits per heavy atom. The number of sulfonamides is 1. The molecule has 3 rings (SSSR count). The molecule has 0 radical (unpaired) electrons. The molecule has 1 fully saturated rings. The van der Waals surface area contributed by atoms with Gasteiger partial charge in [0.05, 0.1) is 14.9 Å². The Kier molecular flexibility index (Phi) is 7.36. The molecule has 2 amide bonds. The monoisotopic (exact) mass is 506 g/mol. The molecule has 1 unspecified atom stereocenters. The van der Waals surface area contributed by atoms with Crippen LogP contribution in [-0.2, 0) is 14.8 Å². The van der Waals surface area contributed by atoms with E-state index in [1.54, 1.807) is 0 Å². The third-order valence-corrected chi connectivity index (χ3v) is 7.32. The van der Waals surface area contributed by atoms with E-state index in [9.17, 15) is 26.8 Å². The van der Waals surface area contributed by atoms with E-state index in [0.29, 0.717) is 6.07 Å². The van der Waals surface area contributed by atoms with Crippen molar-refractivity contribution in [2.24, 2.45) is 5.73 Å². The topological polar surface area (TPSA) is 113 Å². The van der Waals surface area contributed by atoms with Crippen LogP contribution in [0.1, 0.15) is 10.4 Å². The molecule has 0 bridgehead atoms. The predicted octanol–water partition coefficient (Wildman–Crippen LogP) is 1.82. The van der Waals surface area contributed by atoms with Gasteiger partial charge in [0.2, 0.25) is 10.0 Å². The van der Waals surface area contributed by atoms with E-state index in [2.05, 4.69) is 5.32 Å². The maximum atomic E-state index is 13.6. The van der Waals surface area contributed by atoms with Crippen molar-refractivity contribution in [2.75, 3.05) is 26.2 Å². The molecular formula is C19H18Cl2F2N4O4S. The van der Waals surface area contributed by atoms with Crippen LogP contribution in [0.15, 0.2) is 41.3 Å². The number of rotatable bonds is 6. The number of hydrogen-bond donors (Lipinski definition) is 2. The van der Waals surface area contributed by atoms with Gasteiger partial charge in [0.15, 0.2) is 17.8 Å². The summed E-state index contributed by atoms with van der Waals surface area (Å²) in [6, 6.07) is 6.15. The third kappa shape index (κ3) is 4.71. The second-order valence-corrected chi connectivity index (χ2v) is 9.48. The minimum Gasteiger partial charge on any atom is -0.352 e. The van der Waals surface area contributed by atoms with Gasteiger partial charge in [-0.25, -0.2) is 17.2 Å². The first-order valence-electron chi connectivity index (χ1n) is 9.28. The summed E-state index contributed by atoms with van der Waals surface area (Å²) in [6.45, 7) is -0.282. The molecule has 0 aromatic heterocycles. The zero-order chi connectivity index (χ0) is 23.6. The summed E-state index contributed by atoms with van der Waals surface area (Å²) >= 11 is 11.8. The first kappa shape index (κ1) is 24.3. The highest BCUT2D eigenvalue weighted by atomic mass is 35.5. The molecule has 1 aliphatic rings. The van der Waals surface area contributed by atoms with E-state index >= 15 is 0 Å². The highest BCUT2D eigenvalue weighted by Crippen LogP contribution is 2.30. The van der Waals surface area contributed by atoms with E-state index in [0.717, 1.165) is 27.4 Å². The van der Waals surface area contributed by atoms with Crippen LogP contribution in [0.3, 0.4) is 0 Å². The summed E-state index contributed by atoms with van der Waals surface area (Å²) in [4.78, 5) is 26.5. The van der Waals surface area contributed by atoms with Gasteiger partial charge in [-0.3, -0.25) is 9.59 Å². The minimum atomic E-state index is -4.29. The van der Waals surface area contributed by atoms with Gasteiger partial charge in [0, 0.05) is 31.7 Å². The molecule has 3 N–H and O–H groups in total. The Bertz CT molecular complexity index is 1170. The molecule has 8 nitrogen and oxygen atoms in total. The fourth-order valence-electron chi connectivity index (χ4n) is 3.20. The lowest BCUT2D eigenvalue weighted by Crippen LogP contribution is -2.54. The van der Waals surface area contributed by atoms with Crippen LogP contribution in [0.2, 0.25) is 10.0 Å². The Morgan fingerprint density at radius 1 is 1.06 bits per heavy atom. The van der Waals surface area contributed by atoms with Gasteiger partial charge < -0.3 is 16.0 Å². The number of benzene rings is 2. The molecule has 172 valence electrons. The number of hydrogen-bond acceptors (Lipinski definition) is 5. The smallest absolute Gasteiger partial charge is 0.259 e. The first-order valence-corrected chi connectivity index (χ1v) is 11.5. The Hall–Kier alpha value is -2.31. The van der Waals surface area contributed by atoms with Crippen molar-refractivity contribution in [1.29, 1.82) is 0 Å². The van der Waals surface area contributed by atoms with Crippen molar-refractivity contribution in [3.8, 4) is 0 Å². The molecule has 1 heterocycles. The zero-order valence-electron chi connectivity index (χ0n) is 16.4. The lowest BCUT2D eigenvalue weighted by Gasteiger charge is -2.28. The number of nitrogens with zero attached hydrogens (tertiary/aromatic N) is 2. The van der Waals surface area contributed by atoms with Crippen molar-refractivity contribution >= 4 is 45.0 Å². The average molecular weight is 507 g/mol. The van der Waals surface area contributed by atoms with Crippen LogP contribution in [-0.4, -0.2) is 61.8 Å². The van der Waals surface area contributed by atoms with Crippen LogP contribution < -0.4 is 11.1 Å². The predicted molar refractivity (Wildman–Crippen MR) is 114 cm³/mol. The summed E-state index contributed by atoms with van der Waals surface area (Å²) < 4.78 is 54.3. The van der Waals surface area contributed by atoms with Gasteiger partial charge in [-0.1, -0.05) is 23.2 Å². The molecule has 2 aromatic carbocycles. The van der Waals surface area contributed by atoms with E-state index in [1.807, 2.05) is 0 Å². The SMILES string of the molecule is NCCNC(=O)C1N(C(=O)c2ccc(F)c(F)c2)CCN1S(=O)(=O)c1ccc(Cl)c(Cl)c1. The largest absolute Gasteiger partial charge is 0.352 e. The van der Waals surface area contributed by atoms with E-state index in [4.69, 9.17) is 28.9 Å². The van der Waals surface area contributed by atoms with Gasteiger partial charge in [-0.05, 0) is 36.4 Å². The molecule has 0 saturated carbocycles. The van der Waals surface area contributed by atoms with Crippen molar-refractivity contribution < 1.29 is 26.8 Å². The number of amides is 2. The quantitative estimate of drug-likeness (QED) is 0.620. The summed E-state index contributed by atoms with van der Waals surface area (Å²) in [7, 11) is -4.29. The Morgan fingerprint density at radius 3 is 2.41 bits per heavy atom. The van der Waals surface area contributed by atoms with Crippen molar-refractivity contribution in [2.45, 2.75) is 11.1 Å². The van der Waals surface area contributed by atoms with E-state index in [1.165, 1.54) is 12.1 Å². The van der Waals surface area contributed by atoms with Crippen LogP contribution >= 0.6 is 23.2 Å². The van der Waals surface area contributed by atoms with Crippen molar-refractivity contribution in [3.63, 3.8) is 0 Å². The van der Waals surface area contributed by atoms with Crippen molar-refractivity contribution in [3.05, 3.63) is 63.6 Å². The van der Waals surface area contributed by atoms with Gasteiger partial charge in [0.1, 0.15) is 0 Å². The van der Waals surface area contributed by atoms with Gasteiger partial charge >= 0.3 is 0 Å². The third-order valence-electron chi connectivity index (χ3n) is 4.73. The minimum absolute atomic E-state index is 0.00853. The maximum absolute atomic E-state index is 13.6. The Labute approximate surface area is 192 Å². The van der Waals surface area contributed by atoms with Crippen LogP contribution in [0.4, 0.5) is 8.78 Å². The van der Waals surface area contributed by atoms with E-state index in [-0.39, 0.29) is 46.7 Å². The van der Waals surface area contributed by atoms with Crippen LogP contribution in [0, 0.1) is 11.6 Å². The molecule has 1 saturated heterocycles.